The molecule has 2 heterocycles. The number of fused-ring (bicyclic) bond motifs is 1. The van der Waals surface area contributed by atoms with Crippen LogP contribution in [0.25, 0.3) is 0 Å². The fraction of sp³-hybridized carbons (Fsp3) is 0.500. The molecule has 6 heteroatoms. The number of halogens is 1. The molecular weight excluding hydrogens is 302 g/mol. The smallest absolute Gasteiger partial charge is 0.228 e. The summed E-state index contributed by atoms with van der Waals surface area (Å²) in [6, 6.07) is 5.84. The van der Waals surface area contributed by atoms with Gasteiger partial charge in [-0.3, -0.25) is 9.59 Å². The number of rotatable bonds is 2. The SMILES string of the molecule is CC(=O)N1CCCc2cc(NC(=O)C3CCNC3)ccc21.Cl. The summed E-state index contributed by atoms with van der Waals surface area (Å²) in [5.41, 5.74) is 2.95. The van der Waals surface area contributed by atoms with Gasteiger partial charge in [-0.15, -0.1) is 12.4 Å². The lowest BCUT2D eigenvalue weighted by molar-refractivity contribution is -0.119. The van der Waals surface area contributed by atoms with Gasteiger partial charge in [0.1, 0.15) is 0 Å². The molecule has 2 aliphatic heterocycles. The van der Waals surface area contributed by atoms with E-state index in [4.69, 9.17) is 0 Å². The Labute approximate surface area is 136 Å². The van der Waals surface area contributed by atoms with Crippen molar-refractivity contribution in [1.82, 2.24) is 5.32 Å². The normalized spacial score (nSPS) is 20.0. The van der Waals surface area contributed by atoms with Gasteiger partial charge in [0.05, 0.1) is 5.92 Å². The van der Waals surface area contributed by atoms with Gasteiger partial charge in [0, 0.05) is 31.4 Å². The molecule has 1 fully saturated rings. The highest BCUT2D eigenvalue weighted by Gasteiger charge is 2.23. The Morgan fingerprint density at radius 1 is 1.36 bits per heavy atom. The highest BCUT2D eigenvalue weighted by molar-refractivity contribution is 5.95. The van der Waals surface area contributed by atoms with Gasteiger partial charge in [0.25, 0.3) is 0 Å². The minimum absolute atomic E-state index is 0. The van der Waals surface area contributed by atoms with Gasteiger partial charge in [0.15, 0.2) is 0 Å². The molecule has 1 saturated heterocycles. The predicted octanol–water partition coefficient (Wildman–Crippen LogP) is 1.96. The van der Waals surface area contributed by atoms with Crippen molar-refractivity contribution in [2.45, 2.75) is 26.2 Å². The maximum Gasteiger partial charge on any atom is 0.228 e. The van der Waals surface area contributed by atoms with E-state index in [1.165, 1.54) is 0 Å². The summed E-state index contributed by atoms with van der Waals surface area (Å²) in [5.74, 6) is 0.221. The summed E-state index contributed by atoms with van der Waals surface area (Å²) in [7, 11) is 0. The molecule has 22 heavy (non-hydrogen) atoms. The van der Waals surface area contributed by atoms with Crippen LogP contribution < -0.4 is 15.5 Å². The van der Waals surface area contributed by atoms with Crippen LogP contribution >= 0.6 is 12.4 Å². The molecule has 0 aliphatic carbocycles. The van der Waals surface area contributed by atoms with Crippen molar-refractivity contribution >= 4 is 35.6 Å². The number of aryl methyl sites for hydroxylation is 1. The number of nitrogens with one attached hydrogen (secondary N) is 2. The Morgan fingerprint density at radius 3 is 2.86 bits per heavy atom. The summed E-state index contributed by atoms with van der Waals surface area (Å²) in [6.07, 6.45) is 2.82. The Hall–Kier alpha value is -1.59. The fourth-order valence-corrected chi connectivity index (χ4v) is 3.12. The van der Waals surface area contributed by atoms with Crippen LogP contribution in [0.4, 0.5) is 11.4 Å². The van der Waals surface area contributed by atoms with E-state index in [9.17, 15) is 9.59 Å². The number of amides is 2. The van der Waals surface area contributed by atoms with Crippen molar-refractivity contribution in [3.63, 3.8) is 0 Å². The molecule has 0 spiro atoms. The number of hydrogen-bond acceptors (Lipinski definition) is 3. The van der Waals surface area contributed by atoms with Crippen LogP contribution in [0.5, 0.6) is 0 Å². The van der Waals surface area contributed by atoms with E-state index >= 15 is 0 Å². The molecular formula is C16H22ClN3O2. The van der Waals surface area contributed by atoms with Gasteiger partial charge >= 0.3 is 0 Å². The van der Waals surface area contributed by atoms with Gasteiger partial charge in [-0.1, -0.05) is 0 Å². The maximum absolute atomic E-state index is 12.1. The molecule has 0 saturated carbocycles. The Balaban J connectivity index is 0.00000176. The van der Waals surface area contributed by atoms with Crippen molar-refractivity contribution in [3.05, 3.63) is 23.8 Å². The van der Waals surface area contributed by atoms with Crippen LogP contribution in [0, 0.1) is 5.92 Å². The average molecular weight is 324 g/mol. The number of nitrogens with zero attached hydrogens (tertiary/aromatic N) is 1. The molecule has 0 radical (unpaired) electrons. The summed E-state index contributed by atoms with van der Waals surface area (Å²) < 4.78 is 0. The lowest BCUT2D eigenvalue weighted by Gasteiger charge is -2.29. The van der Waals surface area contributed by atoms with Crippen molar-refractivity contribution in [2.24, 2.45) is 5.92 Å². The Morgan fingerprint density at radius 2 is 2.18 bits per heavy atom. The molecule has 3 rings (SSSR count). The number of carbonyl (C=O) groups excluding carboxylic acids is 2. The van der Waals surface area contributed by atoms with Gasteiger partial charge in [-0.25, -0.2) is 0 Å². The zero-order chi connectivity index (χ0) is 14.8. The van der Waals surface area contributed by atoms with E-state index in [0.29, 0.717) is 0 Å². The number of benzene rings is 1. The topological polar surface area (TPSA) is 61.4 Å². The van der Waals surface area contributed by atoms with E-state index in [2.05, 4.69) is 10.6 Å². The first kappa shape index (κ1) is 16.8. The molecule has 2 aliphatic rings. The summed E-state index contributed by atoms with van der Waals surface area (Å²) in [4.78, 5) is 25.6. The molecule has 120 valence electrons. The first-order valence-electron chi connectivity index (χ1n) is 7.58. The molecule has 1 unspecified atom stereocenters. The van der Waals surface area contributed by atoms with Crippen molar-refractivity contribution in [1.29, 1.82) is 0 Å². The van der Waals surface area contributed by atoms with Crippen LogP contribution in [-0.4, -0.2) is 31.4 Å². The standard InChI is InChI=1S/C16H21N3O2.ClH/c1-11(20)19-8-2-3-12-9-14(4-5-15(12)19)18-16(21)13-6-7-17-10-13;/h4-5,9,13,17H,2-3,6-8,10H2,1H3,(H,18,21);1H. The Bertz CT molecular complexity index is 571. The van der Waals surface area contributed by atoms with Crippen LogP contribution in [0.3, 0.4) is 0 Å². The van der Waals surface area contributed by atoms with E-state index in [1.54, 1.807) is 6.92 Å². The molecule has 1 aromatic rings. The maximum atomic E-state index is 12.1. The number of carbonyl (C=O) groups is 2. The zero-order valence-electron chi connectivity index (χ0n) is 12.7. The largest absolute Gasteiger partial charge is 0.326 e. The minimum Gasteiger partial charge on any atom is -0.326 e. The average Bonchev–Trinajstić information content (AvgIpc) is 3.00. The lowest BCUT2D eigenvalue weighted by Crippen LogP contribution is -2.33. The van der Waals surface area contributed by atoms with Crippen molar-refractivity contribution < 1.29 is 9.59 Å². The highest BCUT2D eigenvalue weighted by atomic mass is 35.5. The summed E-state index contributed by atoms with van der Waals surface area (Å²) >= 11 is 0. The molecule has 1 aromatic carbocycles. The van der Waals surface area contributed by atoms with Gasteiger partial charge in [0.2, 0.25) is 11.8 Å². The summed E-state index contributed by atoms with van der Waals surface area (Å²) in [6.45, 7) is 4.05. The number of anilines is 2. The minimum atomic E-state index is 0. The van der Waals surface area contributed by atoms with Crippen LogP contribution in [0.2, 0.25) is 0 Å². The van der Waals surface area contributed by atoms with E-state index < -0.39 is 0 Å². The third-order valence-corrected chi connectivity index (χ3v) is 4.28. The summed E-state index contributed by atoms with van der Waals surface area (Å²) in [5, 5.41) is 6.20. The van der Waals surface area contributed by atoms with Crippen LogP contribution in [-0.2, 0) is 16.0 Å². The molecule has 1 atom stereocenters. The van der Waals surface area contributed by atoms with Crippen LogP contribution in [0.15, 0.2) is 18.2 Å². The zero-order valence-corrected chi connectivity index (χ0v) is 13.5. The van der Waals surface area contributed by atoms with Crippen molar-refractivity contribution in [2.75, 3.05) is 29.9 Å². The van der Waals surface area contributed by atoms with E-state index in [-0.39, 0.29) is 30.1 Å². The van der Waals surface area contributed by atoms with Gasteiger partial charge in [-0.2, -0.15) is 0 Å². The van der Waals surface area contributed by atoms with E-state index in [1.807, 2.05) is 23.1 Å². The van der Waals surface area contributed by atoms with Gasteiger partial charge in [-0.05, 0) is 49.6 Å². The van der Waals surface area contributed by atoms with E-state index in [0.717, 1.165) is 55.8 Å². The second kappa shape index (κ2) is 7.11. The quantitative estimate of drug-likeness (QED) is 0.874. The molecule has 2 N–H and O–H groups in total. The highest BCUT2D eigenvalue weighted by Crippen LogP contribution is 2.30. The lowest BCUT2D eigenvalue weighted by atomic mass is 10.0. The van der Waals surface area contributed by atoms with Crippen molar-refractivity contribution in [3.8, 4) is 0 Å². The third kappa shape index (κ3) is 3.42. The second-order valence-electron chi connectivity index (χ2n) is 5.80. The number of hydrogen-bond donors (Lipinski definition) is 2. The Kier molecular flexibility index (Phi) is 5.42. The van der Waals surface area contributed by atoms with Crippen LogP contribution in [0.1, 0.15) is 25.3 Å². The fourth-order valence-electron chi connectivity index (χ4n) is 3.12. The molecule has 0 bridgehead atoms. The third-order valence-electron chi connectivity index (χ3n) is 4.28. The monoisotopic (exact) mass is 323 g/mol. The molecule has 5 nitrogen and oxygen atoms in total. The first-order valence-corrected chi connectivity index (χ1v) is 7.58. The molecule has 0 aromatic heterocycles. The second-order valence-corrected chi connectivity index (χ2v) is 5.80. The molecule has 2 amide bonds. The van der Waals surface area contributed by atoms with Gasteiger partial charge < -0.3 is 15.5 Å². The predicted molar refractivity (Wildman–Crippen MR) is 89.6 cm³/mol. The first-order chi connectivity index (χ1) is 10.1.